The van der Waals surface area contributed by atoms with E-state index in [4.69, 9.17) is 9.29 Å². The average molecular weight is 173 g/mol. The summed E-state index contributed by atoms with van der Waals surface area (Å²) < 4.78 is 23.8. The van der Waals surface area contributed by atoms with Gasteiger partial charge in [0.2, 0.25) is 17.0 Å². The van der Waals surface area contributed by atoms with Gasteiger partial charge in [-0.2, -0.15) is 0 Å². The van der Waals surface area contributed by atoms with Gasteiger partial charge in [-0.1, -0.05) is 6.07 Å². The molecule has 4 nitrogen and oxygen atoms in total. The van der Waals surface area contributed by atoms with Gasteiger partial charge >= 0.3 is 0 Å². The molecule has 0 radical (unpaired) electrons. The second-order valence-corrected chi connectivity index (χ2v) is 2.68. The molecule has 0 aliphatic heterocycles. The van der Waals surface area contributed by atoms with Crippen LogP contribution in [0.15, 0.2) is 23.2 Å². The molecule has 0 bridgehead atoms. The summed E-state index contributed by atoms with van der Waals surface area (Å²) in [5, 5.41) is 0.101. The molecule has 5 heteroatoms. The third-order valence-electron chi connectivity index (χ3n) is 1.09. The fraction of sp³-hybridized carbons (Fsp3) is 0.167. The van der Waals surface area contributed by atoms with E-state index in [1.807, 2.05) is 0 Å². The minimum absolute atomic E-state index is 0.101. The van der Waals surface area contributed by atoms with Crippen LogP contribution in [0.2, 0.25) is 0 Å². The third-order valence-corrected chi connectivity index (χ3v) is 1.67. The van der Waals surface area contributed by atoms with Crippen LogP contribution in [0.5, 0.6) is 5.88 Å². The maximum absolute atomic E-state index is 10.5. The van der Waals surface area contributed by atoms with Crippen molar-refractivity contribution in [1.82, 2.24) is 4.98 Å². The van der Waals surface area contributed by atoms with Crippen LogP contribution in [0.25, 0.3) is 0 Å². The van der Waals surface area contributed by atoms with E-state index in [1.54, 1.807) is 12.1 Å². The van der Waals surface area contributed by atoms with Gasteiger partial charge in [0.1, 0.15) is 0 Å². The third kappa shape index (κ3) is 1.99. The van der Waals surface area contributed by atoms with E-state index in [1.165, 1.54) is 13.2 Å². The summed E-state index contributed by atoms with van der Waals surface area (Å²) in [6.07, 6.45) is 0. The zero-order valence-electron chi connectivity index (χ0n) is 5.85. The summed E-state index contributed by atoms with van der Waals surface area (Å²) in [4.78, 5) is 3.72. The molecule has 1 aromatic rings. The Hall–Kier alpha value is -0.940. The molecule has 1 N–H and O–H groups in total. The minimum atomic E-state index is -2.03. The van der Waals surface area contributed by atoms with Crippen LogP contribution in [0.3, 0.4) is 0 Å². The molecule has 1 atom stereocenters. The van der Waals surface area contributed by atoms with Gasteiger partial charge in [0.25, 0.3) is 0 Å². The van der Waals surface area contributed by atoms with Crippen LogP contribution in [0, 0.1) is 0 Å². The molecule has 11 heavy (non-hydrogen) atoms. The monoisotopic (exact) mass is 173 g/mol. The molecule has 0 aliphatic rings. The van der Waals surface area contributed by atoms with Gasteiger partial charge in [0.05, 0.1) is 7.11 Å². The summed E-state index contributed by atoms with van der Waals surface area (Å²) in [7, 11) is 1.45. The van der Waals surface area contributed by atoms with E-state index in [0.29, 0.717) is 5.88 Å². The maximum Gasteiger partial charge on any atom is 0.214 e. The number of aromatic nitrogens is 1. The van der Waals surface area contributed by atoms with E-state index >= 15 is 0 Å². The molecule has 1 aromatic heterocycles. The first-order valence-corrected chi connectivity index (χ1v) is 3.96. The lowest BCUT2D eigenvalue weighted by Gasteiger charge is -1.98. The molecule has 1 rings (SSSR count). The predicted octanol–water partition coefficient (Wildman–Crippen LogP) is 0.671. The van der Waals surface area contributed by atoms with Crippen molar-refractivity contribution in [3.05, 3.63) is 18.2 Å². The fourth-order valence-corrected chi connectivity index (χ4v) is 0.970. The topological polar surface area (TPSA) is 59.4 Å². The number of rotatable bonds is 2. The first-order valence-electron chi connectivity index (χ1n) is 2.86. The lowest BCUT2D eigenvalue weighted by molar-refractivity contribution is 0.393. The fourth-order valence-electron chi connectivity index (χ4n) is 0.607. The summed E-state index contributed by atoms with van der Waals surface area (Å²) in [5.41, 5.74) is 0. The summed E-state index contributed by atoms with van der Waals surface area (Å²) in [5.74, 6) is 0.338. The molecular weight excluding hydrogens is 166 g/mol. The van der Waals surface area contributed by atoms with E-state index < -0.39 is 11.1 Å². The summed E-state index contributed by atoms with van der Waals surface area (Å²) >= 11 is -2.03. The lowest BCUT2D eigenvalue weighted by atomic mass is 10.5. The predicted molar refractivity (Wildman–Crippen MR) is 39.8 cm³/mol. The van der Waals surface area contributed by atoms with Gasteiger partial charge in [-0.05, 0) is 6.07 Å². The van der Waals surface area contributed by atoms with Crippen molar-refractivity contribution in [2.24, 2.45) is 0 Å². The number of hydrogen-bond acceptors (Lipinski definition) is 3. The normalized spacial score (nSPS) is 12.5. The van der Waals surface area contributed by atoms with Crippen molar-refractivity contribution < 1.29 is 13.5 Å². The number of ether oxygens (including phenoxy) is 1. The number of hydrogen-bond donors (Lipinski definition) is 1. The zero-order chi connectivity index (χ0) is 8.27. The smallest absolute Gasteiger partial charge is 0.214 e. The Kier molecular flexibility index (Phi) is 2.56. The highest BCUT2D eigenvalue weighted by molar-refractivity contribution is 7.79. The Morgan fingerprint density at radius 3 is 2.91 bits per heavy atom. The maximum atomic E-state index is 10.5. The Balaban J connectivity index is 3.01. The highest BCUT2D eigenvalue weighted by Crippen LogP contribution is 2.08. The van der Waals surface area contributed by atoms with Crippen LogP contribution in [-0.2, 0) is 11.1 Å². The second-order valence-electron chi connectivity index (χ2n) is 1.77. The van der Waals surface area contributed by atoms with Crippen molar-refractivity contribution in [2.45, 2.75) is 5.03 Å². The molecule has 60 valence electrons. The largest absolute Gasteiger partial charge is 0.481 e. The van der Waals surface area contributed by atoms with E-state index in [9.17, 15) is 4.21 Å². The molecule has 0 saturated carbocycles. The van der Waals surface area contributed by atoms with Crippen molar-refractivity contribution in [1.29, 1.82) is 0 Å². The molecule has 1 heterocycles. The van der Waals surface area contributed by atoms with E-state index in [-0.39, 0.29) is 5.03 Å². The van der Waals surface area contributed by atoms with Crippen molar-refractivity contribution in [3.63, 3.8) is 0 Å². The SMILES string of the molecule is COc1cccc(S(=O)O)n1. The van der Waals surface area contributed by atoms with Gasteiger partial charge in [-0.25, -0.2) is 9.19 Å². The molecule has 0 amide bonds. The molecule has 0 fully saturated rings. The average Bonchev–Trinajstić information content (AvgIpc) is 2.05. The lowest BCUT2D eigenvalue weighted by Crippen LogP contribution is -1.94. The minimum Gasteiger partial charge on any atom is -0.481 e. The summed E-state index contributed by atoms with van der Waals surface area (Å²) in [6, 6.07) is 4.67. The standard InChI is InChI=1S/C6H7NO3S/c1-10-5-3-2-4-6(7-5)11(8)9/h2-4H,1H3,(H,8,9). The molecule has 0 saturated heterocycles. The van der Waals surface area contributed by atoms with Crippen molar-refractivity contribution in [2.75, 3.05) is 7.11 Å². The first-order chi connectivity index (χ1) is 5.24. The Labute approximate surface area is 66.5 Å². The Morgan fingerprint density at radius 1 is 1.64 bits per heavy atom. The molecule has 0 aliphatic carbocycles. The van der Waals surface area contributed by atoms with Gasteiger partial charge in [-0.3, -0.25) is 0 Å². The molecular formula is C6H7NO3S. The van der Waals surface area contributed by atoms with Crippen LogP contribution < -0.4 is 4.74 Å². The van der Waals surface area contributed by atoms with Crippen LogP contribution in [0.4, 0.5) is 0 Å². The first kappa shape index (κ1) is 8.16. The molecule has 0 spiro atoms. The quantitative estimate of drug-likeness (QED) is 0.668. The molecule has 1 unspecified atom stereocenters. The van der Waals surface area contributed by atoms with E-state index in [0.717, 1.165) is 0 Å². The zero-order valence-corrected chi connectivity index (χ0v) is 6.67. The van der Waals surface area contributed by atoms with Crippen LogP contribution in [-0.4, -0.2) is 20.9 Å². The molecule has 0 aromatic carbocycles. The number of methoxy groups -OCH3 is 1. The highest BCUT2D eigenvalue weighted by Gasteiger charge is 2.01. The van der Waals surface area contributed by atoms with Gasteiger partial charge < -0.3 is 9.29 Å². The summed E-state index contributed by atoms with van der Waals surface area (Å²) in [6.45, 7) is 0. The van der Waals surface area contributed by atoms with Crippen LogP contribution in [0.1, 0.15) is 0 Å². The van der Waals surface area contributed by atoms with Gasteiger partial charge in [0.15, 0.2) is 5.03 Å². The van der Waals surface area contributed by atoms with Crippen molar-refractivity contribution in [3.8, 4) is 5.88 Å². The number of pyridine rings is 1. The van der Waals surface area contributed by atoms with E-state index in [2.05, 4.69) is 4.98 Å². The number of nitrogens with zero attached hydrogens (tertiary/aromatic N) is 1. The van der Waals surface area contributed by atoms with Gasteiger partial charge in [0, 0.05) is 6.07 Å². The van der Waals surface area contributed by atoms with Crippen molar-refractivity contribution >= 4 is 11.1 Å². The Bertz CT molecular complexity index is 276. The Morgan fingerprint density at radius 2 is 2.36 bits per heavy atom. The second kappa shape index (κ2) is 3.45. The van der Waals surface area contributed by atoms with Gasteiger partial charge in [-0.15, -0.1) is 0 Å². The van der Waals surface area contributed by atoms with Crippen LogP contribution >= 0.6 is 0 Å². The highest BCUT2D eigenvalue weighted by atomic mass is 32.2.